The highest BCUT2D eigenvalue weighted by Gasteiger charge is 2.46. The van der Waals surface area contributed by atoms with Crippen molar-refractivity contribution in [1.29, 1.82) is 0 Å². The van der Waals surface area contributed by atoms with E-state index in [0.29, 0.717) is 6.61 Å². The van der Waals surface area contributed by atoms with Crippen molar-refractivity contribution in [3.8, 4) is 0 Å². The van der Waals surface area contributed by atoms with Gasteiger partial charge in [0.25, 0.3) is 0 Å². The molecule has 1 saturated heterocycles. The Kier molecular flexibility index (Phi) is 10.2. The van der Waals surface area contributed by atoms with Gasteiger partial charge < -0.3 is 29.9 Å². The smallest absolute Gasteiger partial charge is 0.184 e. The Balaban J connectivity index is 2.09. The second-order valence-electron chi connectivity index (χ2n) is 6.04. The van der Waals surface area contributed by atoms with Gasteiger partial charge in [-0.25, -0.2) is 0 Å². The summed E-state index contributed by atoms with van der Waals surface area (Å²) in [5, 5.41) is 38.0. The van der Waals surface area contributed by atoms with Crippen LogP contribution in [0.5, 0.6) is 0 Å². The van der Waals surface area contributed by atoms with Crippen LogP contribution in [0.25, 0.3) is 0 Å². The fraction of sp³-hybridized carbons (Fsp3) is 1.00. The van der Waals surface area contributed by atoms with Crippen molar-refractivity contribution in [1.82, 2.24) is 0 Å². The summed E-state index contributed by atoms with van der Waals surface area (Å²) in [6.45, 7) is 2.12. The maximum absolute atomic E-state index is 9.96. The summed E-state index contributed by atoms with van der Waals surface area (Å²) < 4.78 is 10.5. The number of rotatable bonds is 12. The third-order valence-corrected chi connectivity index (χ3v) is 4.13. The van der Waals surface area contributed by atoms with Gasteiger partial charge in [-0.15, -0.1) is 0 Å². The van der Waals surface area contributed by atoms with E-state index in [2.05, 4.69) is 6.92 Å². The van der Waals surface area contributed by atoms with E-state index in [0.717, 1.165) is 12.8 Å². The number of ether oxygens (including phenoxy) is 2. The van der Waals surface area contributed by atoms with Crippen LogP contribution in [-0.4, -0.2) is 64.3 Å². The fourth-order valence-corrected chi connectivity index (χ4v) is 2.73. The van der Waals surface area contributed by atoms with Crippen LogP contribution in [-0.2, 0) is 9.47 Å². The van der Waals surface area contributed by atoms with E-state index in [1.807, 2.05) is 0 Å². The molecule has 6 nitrogen and oxygen atoms in total. The Morgan fingerprint density at radius 2 is 1.59 bits per heavy atom. The Hall–Kier alpha value is -0.240. The number of aliphatic hydroxyl groups is 4. The molecule has 0 amide bonds. The highest BCUT2D eigenvalue weighted by Crippen LogP contribution is 2.25. The minimum atomic E-state index is -1.27. The summed E-state index contributed by atoms with van der Waals surface area (Å²) in [7, 11) is 0. The summed E-state index contributed by atoms with van der Waals surface area (Å²) >= 11 is 0. The first-order valence-corrected chi connectivity index (χ1v) is 8.54. The van der Waals surface area contributed by atoms with Crippen LogP contribution in [0.1, 0.15) is 58.3 Å². The molecule has 0 aromatic rings. The van der Waals surface area contributed by atoms with Crippen molar-refractivity contribution < 1.29 is 29.9 Å². The van der Waals surface area contributed by atoms with Gasteiger partial charge in [0, 0.05) is 6.61 Å². The van der Waals surface area contributed by atoms with Crippen molar-refractivity contribution in [3.05, 3.63) is 0 Å². The molecule has 0 unspecified atom stereocenters. The average Bonchev–Trinajstić information content (AvgIpc) is 2.80. The normalized spacial score (nSPS) is 29.9. The lowest BCUT2D eigenvalue weighted by Gasteiger charge is -2.20. The van der Waals surface area contributed by atoms with Gasteiger partial charge in [0.2, 0.25) is 0 Å². The molecule has 1 fully saturated rings. The minimum Gasteiger partial charge on any atom is -0.394 e. The maximum atomic E-state index is 9.96. The molecule has 6 heteroatoms. The molecule has 0 aromatic heterocycles. The van der Waals surface area contributed by atoms with Crippen molar-refractivity contribution in [2.45, 2.75) is 89.0 Å². The van der Waals surface area contributed by atoms with Crippen molar-refractivity contribution in [3.63, 3.8) is 0 Å². The highest BCUT2D eigenvalue weighted by molar-refractivity contribution is 4.91. The molecule has 132 valence electrons. The molecule has 5 atom stereocenters. The van der Waals surface area contributed by atoms with Crippen LogP contribution in [0.2, 0.25) is 0 Å². The van der Waals surface area contributed by atoms with E-state index in [-0.39, 0.29) is 0 Å². The van der Waals surface area contributed by atoms with Gasteiger partial charge in [-0.3, -0.25) is 0 Å². The first-order valence-electron chi connectivity index (χ1n) is 8.54. The van der Waals surface area contributed by atoms with Crippen LogP contribution in [0.3, 0.4) is 0 Å². The number of aliphatic hydroxyl groups excluding tert-OH is 4. The molecule has 0 bridgehead atoms. The number of unbranched alkanes of at least 4 members (excludes halogenated alkanes) is 7. The maximum Gasteiger partial charge on any atom is 0.184 e. The Morgan fingerprint density at radius 1 is 1.00 bits per heavy atom. The van der Waals surface area contributed by atoms with E-state index in [1.54, 1.807) is 0 Å². The first kappa shape index (κ1) is 19.8. The summed E-state index contributed by atoms with van der Waals surface area (Å²) in [4.78, 5) is 0. The zero-order valence-electron chi connectivity index (χ0n) is 13.6. The first-order chi connectivity index (χ1) is 10.6. The van der Waals surface area contributed by atoms with Crippen molar-refractivity contribution >= 4 is 0 Å². The average molecular weight is 320 g/mol. The van der Waals surface area contributed by atoms with Gasteiger partial charge in [0.1, 0.15) is 24.4 Å². The molecule has 0 radical (unpaired) electrons. The van der Waals surface area contributed by atoms with Gasteiger partial charge in [0.15, 0.2) is 6.29 Å². The molecule has 1 aliphatic rings. The summed E-state index contributed by atoms with van der Waals surface area (Å²) in [6, 6.07) is 0. The Labute approximate surface area is 133 Å². The van der Waals surface area contributed by atoms with Crippen LogP contribution < -0.4 is 0 Å². The number of hydrogen-bond acceptors (Lipinski definition) is 6. The molecule has 0 aromatic carbocycles. The summed E-state index contributed by atoms with van der Waals surface area (Å²) in [5.74, 6) is 0. The monoisotopic (exact) mass is 320 g/mol. The van der Waals surface area contributed by atoms with Gasteiger partial charge in [-0.05, 0) is 6.42 Å². The van der Waals surface area contributed by atoms with Gasteiger partial charge >= 0.3 is 0 Å². The van der Waals surface area contributed by atoms with E-state index in [1.165, 1.54) is 38.5 Å². The molecule has 0 spiro atoms. The summed E-state index contributed by atoms with van der Waals surface area (Å²) in [5.41, 5.74) is 0. The third-order valence-electron chi connectivity index (χ3n) is 4.13. The molecule has 1 aliphatic heterocycles. The predicted molar refractivity (Wildman–Crippen MR) is 82.3 cm³/mol. The van der Waals surface area contributed by atoms with Crippen molar-refractivity contribution in [2.24, 2.45) is 0 Å². The molecular formula is C16H32O6. The van der Waals surface area contributed by atoms with Crippen molar-refractivity contribution in [2.75, 3.05) is 13.2 Å². The minimum absolute atomic E-state index is 0.443. The fourth-order valence-electron chi connectivity index (χ4n) is 2.73. The standard InChI is InChI=1S/C16H32O6/c1-2-3-4-5-6-7-8-9-10-21-15-13(19)14(12(18)11-17)22-16(15)20/h12-20H,2-11H2,1H3/t12-,13+,14+,15-,16-/m1/s1. The molecule has 0 aliphatic carbocycles. The molecule has 4 N–H and O–H groups in total. The molecule has 0 saturated carbocycles. The van der Waals surface area contributed by atoms with E-state index < -0.39 is 37.3 Å². The molecule has 1 heterocycles. The predicted octanol–water partition coefficient (Wildman–Crippen LogP) is 0.944. The van der Waals surface area contributed by atoms with E-state index in [4.69, 9.17) is 14.6 Å². The zero-order valence-corrected chi connectivity index (χ0v) is 13.6. The lowest BCUT2D eigenvalue weighted by molar-refractivity contribution is -0.159. The van der Waals surface area contributed by atoms with E-state index in [9.17, 15) is 15.3 Å². The second-order valence-corrected chi connectivity index (χ2v) is 6.04. The topological polar surface area (TPSA) is 99.4 Å². The van der Waals surface area contributed by atoms with Crippen LogP contribution in [0.4, 0.5) is 0 Å². The van der Waals surface area contributed by atoms with Crippen LogP contribution in [0, 0.1) is 0 Å². The lowest BCUT2D eigenvalue weighted by Crippen LogP contribution is -2.41. The lowest BCUT2D eigenvalue weighted by atomic mass is 10.1. The zero-order chi connectivity index (χ0) is 16.4. The van der Waals surface area contributed by atoms with E-state index >= 15 is 0 Å². The molecule has 22 heavy (non-hydrogen) atoms. The second kappa shape index (κ2) is 11.3. The van der Waals surface area contributed by atoms with Crippen LogP contribution in [0.15, 0.2) is 0 Å². The van der Waals surface area contributed by atoms with Gasteiger partial charge in [0.05, 0.1) is 6.61 Å². The van der Waals surface area contributed by atoms with Gasteiger partial charge in [-0.1, -0.05) is 51.9 Å². The molecular weight excluding hydrogens is 288 g/mol. The molecule has 1 rings (SSSR count). The Bertz CT molecular complexity index is 275. The van der Waals surface area contributed by atoms with Gasteiger partial charge in [-0.2, -0.15) is 0 Å². The largest absolute Gasteiger partial charge is 0.394 e. The SMILES string of the molecule is CCCCCCCCCCO[C@@H]1[C@@H](O)[C@H]([C@H](O)CO)O[C@H]1O. The highest BCUT2D eigenvalue weighted by atomic mass is 16.7. The Morgan fingerprint density at radius 3 is 2.18 bits per heavy atom. The third kappa shape index (κ3) is 6.48. The summed E-state index contributed by atoms with van der Waals surface area (Å²) in [6.07, 6.45) is 4.00. The number of hydrogen-bond donors (Lipinski definition) is 4. The quantitative estimate of drug-likeness (QED) is 0.400. The van der Waals surface area contributed by atoms with Crippen LogP contribution >= 0.6 is 0 Å².